The number of aryl methyl sites for hydroxylation is 1. The van der Waals surface area contributed by atoms with E-state index in [9.17, 15) is 9.59 Å². The van der Waals surface area contributed by atoms with Crippen molar-refractivity contribution >= 4 is 51.9 Å². The number of aromatic carboxylic acids is 1. The summed E-state index contributed by atoms with van der Waals surface area (Å²) >= 11 is 6.62. The van der Waals surface area contributed by atoms with Crippen LogP contribution in [0.4, 0.5) is 5.69 Å². The number of carbonyl (C=O) groups is 2. The molecule has 0 atom stereocenters. The van der Waals surface area contributed by atoms with Crippen LogP contribution in [0, 0.1) is 6.92 Å². The highest BCUT2D eigenvalue weighted by Gasteiger charge is 2.35. The molecule has 31 heavy (non-hydrogen) atoms. The summed E-state index contributed by atoms with van der Waals surface area (Å²) in [5, 5.41) is 9.13. The molecule has 0 spiro atoms. The number of amides is 1. The van der Waals surface area contributed by atoms with E-state index in [1.165, 1.54) is 22.7 Å². The van der Waals surface area contributed by atoms with Crippen molar-refractivity contribution in [3.63, 3.8) is 0 Å². The fourth-order valence-electron chi connectivity index (χ4n) is 3.27. The second kappa shape index (κ2) is 8.41. The normalized spacial score (nSPS) is 15.0. The number of hydrogen-bond acceptors (Lipinski definition) is 6. The van der Waals surface area contributed by atoms with Gasteiger partial charge in [-0.15, -0.1) is 0 Å². The summed E-state index contributed by atoms with van der Waals surface area (Å²) in [4.78, 5) is 26.0. The zero-order valence-corrected chi connectivity index (χ0v) is 18.3. The van der Waals surface area contributed by atoms with E-state index in [-0.39, 0.29) is 11.5 Å². The minimum Gasteiger partial charge on any atom is -0.495 e. The maximum atomic E-state index is 13.0. The number of carboxylic acids is 1. The van der Waals surface area contributed by atoms with E-state index < -0.39 is 5.97 Å². The SMILES string of the molecule is COc1ccccc1N1C(=O)/C(=C/c2ccc(-c3ccc(C(=O)O)cc3C)o2)SC1=S. The van der Waals surface area contributed by atoms with Crippen LogP contribution in [0.5, 0.6) is 5.75 Å². The van der Waals surface area contributed by atoms with E-state index in [0.29, 0.717) is 32.2 Å². The van der Waals surface area contributed by atoms with Crippen LogP contribution >= 0.6 is 24.0 Å². The highest BCUT2D eigenvalue weighted by Crippen LogP contribution is 2.40. The summed E-state index contributed by atoms with van der Waals surface area (Å²) in [6.07, 6.45) is 1.65. The Morgan fingerprint density at radius 3 is 2.68 bits per heavy atom. The molecule has 0 aliphatic carbocycles. The molecule has 156 valence electrons. The lowest BCUT2D eigenvalue weighted by molar-refractivity contribution is -0.113. The van der Waals surface area contributed by atoms with Crippen molar-refractivity contribution in [2.75, 3.05) is 12.0 Å². The van der Waals surface area contributed by atoms with Gasteiger partial charge in [-0.05, 0) is 48.9 Å². The number of ether oxygens (including phenoxy) is 1. The molecule has 0 bridgehead atoms. The van der Waals surface area contributed by atoms with Gasteiger partial charge in [0.15, 0.2) is 4.32 Å². The Balaban J connectivity index is 1.62. The standard InChI is InChI=1S/C23H17NO5S2/c1-13-11-14(22(26)27)7-9-16(13)18-10-8-15(29-18)12-20-21(25)24(23(30)31-20)17-5-3-4-6-19(17)28-2/h3-12H,1-2H3,(H,26,27)/b20-12-. The highest BCUT2D eigenvalue weighted by atomic mass is 32.2. The number of nitrogens with zero attached hydrogens (tertiary/aromatic N) is 1. The Morgan fingerprint density at radius 2 is 1.97 bits per heavy atom. The van der Waals surface area contributed by atoms with Gasteiger partial charge in [0.1, 0.15) is 17.3 Å². The maximum Gasteiger partial charge on any atom is 0.335 e. The smallest absolute Gasteiger partial charge is 0.335 e. The van der Waals surface area contributed by atoms with Crippen molar-refractivity contribution in [2.45, 2.75) is 6.92 Å². The van der Waals surface area contributed by atoms with E-state index in [2.05, 4.69) is 0 Å². The third-order valence-corrected chi connectivity index (χ3v) is 6.06. The zero-order chi connectivity index (χ0) is 22.1. The number of benzene rings is 2. The van der Waals surface area contributed by atoms with Crippen LogP contribution in [-0.4, -0.2) is 28.4 Å². The first-order valence-corrected chi connectivity index (χ1v) is 10.5. The molecule has 0 unspecified atom stereocenters. The average Bonchev–Trinajstić information content (AvgIpc) is 3.32. The Hall–Kier alpha value is -3.36. The number of para-hydroxylation sites is 2. The molecule has 1 N–H and O–H groups in total. The van der Waals surface area contributed by atoms with Gasteiger partial charge in [0.05, 0.1) is 23.3 Å². The summed E-state index contributed by atoms with van der Waals surface area (Å²) in [5.41, 5.74) is 2.37. The van der Waals surface area contributed by atoms with Crippen LogP contribution in [0.15, 0.2) is 63.9 Å². The summed E-state index contributed by atoms with van der Waals surface area (Å²) in [7, 11) is 1.54. The molecule has 6 nitrogen and oxygen atoms in total. The quantitative estimate of drug-likeness (QED) is 0.413. The van der Waals surface area contributed by atoms with Gasteiger partial charge in [0, 0.05) is 11.6 Å². The number of carboxylic acid groups (broad SMARTS) is 1. The van der Waals surface area contributed by atoms with Gasteiger partial charge in [-0.2, -0.15) is 0 Å². The fourth-order valence-corrected chi connectivity index (χ4v) is 4.53. The van der Waals surface area contributed by atoms with Crippen LogP contribution in [-0.2, 0) is 4.79 Å². The minimum absolute atomic E-state index is 0.216. The van der Waals surface area contributed by atoms with E-state index in [1.807, 2.05) is 19.1 Å². The van der Waals surface area contributed by atoms with Gasteiger partial charge >= 0.3 is 5.97 Å². The summed E-state index contributed by atoms with van der Waals surface area (Å²) < 4.78 is 11.7. The Bertz CT molecular complexity index is 1240. The van der Waals surface area contributed by atoms with Gasteiger partial charge in [-0.25, -0.2) is 4.79 Å². The first-order valence-electron chi connectivity index (χ1n) is 9.24. The number of hydrogen-bond donors (Lipinski definition) is 1. The average molecular weight is 452 g/mol. The van der Waals surface area contributed by atoms with Crippen molar-refractivity contribution in [1.29, 1.82) is 0 Å². The van der Waals surface area contributed by atoms with Gasteiger partial charge in [-0.3, -0.25) is 9.69 Å². The molecule has 0 radical (unpaired) electrons. The molecule has 1 aliphatic rings. The summed E-state index contributed by atoms with van der Waals surface area (Å²) in [5.74, 6) is 0.407. The lowest BCUT2D eigenvalue weighted by Gasteiger charge is -2.17. The molecule has 3 aromatic rings. The zero-order valence-electron chi connectivity index (χ0n) is 16.6. The van der Waals surface area contributed by atoms with Crippen molar-refractivity contribution < 1.29 is 23.8 Å². The molecule has 2 aromatic carbocycles. The monoisotopic (exact) mass is 451 g/mol. The molecular weight excluding hydrogens is 434 g/mol. The van der Waals surface area contributed by atoms with E-state index in [1.54, 1.807) is 49.6 Å². The van der Waals surface area contributed by atoms with E-state index in [0.717, 1.165) is 11.1 Å². The van der Waals surface area contributed by atoms with Crippen LogP contribution in [0.25, 0.3) is 17.4 Å². The van der Waals surface area contributed by atoms with E-state index in [4.69, 9.17) is 26.5 Å². The topological polar surface area (TPSA) is 80.0 Å². The van der Waals surface area contributed by atoms with Crippen molar-refractivity contribution in [1.82, 2.24) is 0 Å². The van der Waals surface area contributed by atoms with Gasteiger partial charge in [0.2, 0.25) is 0 Å². The molecule has 1 fully saturated rings. The van der Waals surface area contributed by atoms with E-state index >= 15 is 0 Å². The van der Waals surface area contributed by atoms with Crippen LogP contribution in [0.2, 0.25) is 0 Å². The number of thioether (sulfide) groups is 1. The van der Waals surface area contributed by atoms with Crippen LogP contribution < -0.4 is 9.64 Å². The molecular formula is C23H17NO5S2. The Kier molecular flexibility index (Phi) is 5.67. The molecule has 1 aliphatic heterocycles. The molecule has 1 amide bonds. The maximum absolute atomic E-state index is 13.0. The van der Waals surface area contributed by atoms with Crippen LogP contribution in [0.3, 0.4) is 0 Å². The summed E-state index contributed by atoms with van der Waals surface area (Å²) in [6.45, 7) is 1.82. The Labute approximate surface area is 188 Å². The molecule has 8 heteroatoms. The van der Waals surface area contributed by atoms with Gasteiger partial charge in [0.25, 0.3) is 5.91 Å². The third kappa shape index (κ3) is 3.99. The second-order valence-corrected chi connectivity index (χ2v) is 8.40. The number of anilines is 1. The predicted octanol–water partition coefficient (Wildman–Crippen LogP) is 5.37. The molecule has 4 rings (SSSR count). The summed E-state index contributed by atoms with van der Waals surface area (Å²) in [6, 6.07) is 15.6. The molecule has 1 saturated heterocycles. The van der Waals surface area contributed by atoms with Crippen molar-refractivity contribution in [2.24, 2.45) is 0 Å². The van der Waals surface area contributed by atoms with Crippen molar-refractivity contribution in [3.8, 4) is 17.1 Å². The highest BCUT2D eigenvalue weighted by molar-refractivity contribution is 8.27. The van der Waals surface area contributed by atoms with Gasteiger partial charge in [-0.1, -0.05) is 42.2 Å². The lowest BCUT2D eigenvalue weighted by Crippen LogP contribution is -2.27. The predicted molar refractivity (Wildman–Crippen MR) is 124 cm³/mol. The number of thiocarbonyl (C=S) groups is 1. The third-order valence-electron chi connectivity index (χ3n) is 4.76. The van der Waals surface area contributed by atoms with Gasteiger partial charge < -0.3 is 14.3 Å². The first kappa shape index (κ1) is 20.9. The van der Waals surface area contributed by atoms with Crippen LogP contribution in [0.1, 0.15) is 21.7 Å². The van der Waals surface area contributed by atoms with Crippen molar-refractivity contribution in [3.05, 3.63) is 76.4 Å². The molecule has 1 aromatic heterocycles. The fraction of sp³-hybridized carbons (Fsp3) is 0.0870. The largest absolute Gasteiger partial charge is 0.495 e. The minimum atomic E-state index is -0.980. The first-order chi connectivity index (χ1) is 14.9. The number of carbonyl (C=O) groups excluding carboxylic acids is 1. The number of furan rings is 1. The second-order valence-electron chi connectivity index (χ2n) is 6.73. The molecule has 0 saturated carbocycles. The Morgan fingerprint density at radius 1 is 1.19 bits per heavy atom. The lowest BCUT2D eigenvalue weighted by atomic mass is 10.0. The molecule has 2 heterocycles. The number of methoxy groups -OCH3 is 1. The number of rotatable bonds is 5.